The number of thiophene rings is 2. The summed E-state index contributed by atoms with van der Waals surface area (Å²) in [6, 6.07) is 63.3. The van der Waals surface area contributed by atoms with Crippen LogP contribution in [-0.2, 0) is 6.42 Å². The summed E-state index contributed by atoms with van der Waals surface area (Å²) in [5, 5.41) is 9.19. The van der Waals surface area contributed by atoms with E-state index in [0.29, 0.717) is 0 Å². The van der Waals surface area contributed by atoms with Crippen LogP contribution in [0.15, 0.2) is 176 Å². The maximum atomic E-state index is 2.53. The molecule has 12 aromatic rings. The van der Waals surface area contributed by atoms with Crippen molar-refractivity contribution in [1.29, 1.82) is 0 Å². The van der Waals surface area contributed by atoms with Crippen LogP contribution in [0.1, 0.15) is 17.7 Å². The van der Waals surface area contributed by atoms with Crippen LogP contribution in [0.25, 0.3) is 113 Å². The number of hydrogen-bond acceptors (Lipinski definition) is 2. The van der Waals surface area contributed by atoms with Gasteiger partial charge in [0.1, 0.15) is 0 Å². The quantitative estimate of drug-likeness (QED) is 0.169. The lowest BCUT2D eigenvalue weighted by molar-refractivity contribution is 0.888. The zero-order valence-corrected chi connectivity index (χ0v) is 33.1. The highest BCUT2D eigenvalue weighted by Crippen LogP contribution is 2.44. The van der Waals surface area contributed by atoms with E-state index in [0.717, 1.165) is 18.5 Å². The molecule has 1 aliphatic rings. The third-order valence-electron chi connectivity index (χ3n) is 12.4. The van der Waals surface area contributed by atoms with Crippen LogP contribution in [0.4, 0.5) is 0 Å². The van der Waals surface area contributed by atoms with Gasteiger partial charge in [0.2, 0.25) is 0 Å². The third kappa shape index (κ3) is 4.64. The SMILES string of the molecule is C1=Cc2c(n(-c3cccc(-n4c5ccccc5c5cc(-c6cccc7c6sc6ccccc67)ccc54)c3)c3ccc(-c4cccc5c4sc4ccccc45)cc23)CC1. The Balaban J connectivity index is 0.968. The van der Waals surface area contributed by atoms with Crippen molar-refractivity contribution in [2.45, 2.75) is 12.8 Å². The molecule has 0 atom stereocenters. The van der Waals surface area contributed by atoms with Crippen LogP contribution in [0, 0.1) is 0 Å². The van der Waals surface area contributed by atoms with Gasteiger partial charge in [-0.2, -0.15) is 0 Å². The van der Waals surface area contributed by atoms with Crippen LogP contribution >= 0.6 is 22.7 Å². The van der Waals surface area contributed by atoms with Crippen LogP contribution in [0.2, 0.25) is 0 Å². The normalized spacial score (nSPS) is 13.0. The summed E-state index contributed by atoms with van der Waals surface area (Å²) in [6.07, 6.45) is 6.75. The summed E-state index contributed by atoms with van der Waals surface area (Å²) in [6.45, 7) is 0. The van der Waals surface area contributed by atoms with Gasteiger partial charge in [-0.05, 0) is 95.8 Å². The minimum absolute atomic E-state index is 1.01. The van der Waals surface area contributed by atoms with Gasteiger partial charge in [-0.3, -0.25) is 0 Å². The number of benzene rings is 8. The highest BCUT2D eigenvalue weighted by Gasteiger charge is 2.22. The summed E-state index contributed by atoms with van der Waals surface area (Å²) in [5.74, 6) is 0. The molecule has 0 saturated heterocycles. The minimum atomic E-state index is 1.01. The number of aromatic nitrogens is 2. The number of para-hydroxylation sites is 1. The molecule has 4 heterocycles. The molecule has 0 amide bonds. The smallest absolute Gasteiger partial charge is 0.0541 e. The van der Waals surface area contributed by atoms with Crippen molar-refractivity contribution >= 4 is 102 Å². The van der Waals surface area contributed by atoms with Gasteiger partial charge < -0.3 is 9.13 Å². The van der Waals surface area contributed by atoms with Crippen LogP contribution < -0.4 is 0 Å². The average molecular weight is 775 g/mol. The molecule has 0 N–H and O–H groups in total. The summed E-state index contributed by atoms with van der Waals surface area (Å²) >= 11 is 3.79. The molecule has 0 unspecified atom stereocenters. The second-order valence-electron chi connectivity index (χ2n) is 15.5. The van der Waals surface area contributed by atoms with E-state index in [2.05, 4.69) is 191 Å². The molecule has 4 heteroatoms. The number of hydrogen-bond donors (Lipinski definition) is 0. The fraction of sp³-hybridized carbons (Fsp3) is 0.0370. The Hall–Kier alpha value is -6.72. The number of allylic oxidation sites excluding steroid dienone is 1. The Morgan fingerprint density at radius 3 is 1.62 bits per heavy atom. The van der Waals surface area contributed by atoms with Gasteiger partial charge in [-0.1, -0.05) is 121 Å². The Kier molecular flexibility index (Phi) is 6.91. The predicted octanol–water partition coefficient (Wildman–Crippen LogP) is 15.8. The van der Waals surface area contributed by atoms with Gasteiger partial charge in [0.05, 0.1) is 16.6 Å². The lowest BCUT2D eigenvalue weighted by atomic mass is 9.98. The minimum Gasteiger partial charge on any atom is -0.313 e. The number of fused-ring (bicyclic) bond motifs is 12. The Bertz CT molecular complexity index is 3700. The molecule has 13 rings (SSSR count). The van der Waals surface area contributed by atoms with Crippen molar-refractivity contribution in [2.75, 3.05) is 0 Å². The van der Waals surface area contributed by atoms with Gasteiger partial charge in [-0.15, -0.1) is 22.7 Å². The highest BCUT2D eigenvalue weighted by atomic mass is 32.1. The average Bonchev–Trinajstić information content (AvgIpc) is 4.04. The number of rotatable bonds is 4. The van der Waals surface area contributed by atoms with E-state index < -0.39 is 0 Å². The van der Waals surface area contributed by atoms with Crippen molar-refractivity contribution in [2.24, 2.45) is 0 Å². The van der Waals surface area contributed by atoms with E-state index in [-0.39, 0.29) is 0 Å². The van der Waals surface area contributed by atoms with Crippen molar-refractivity contribution < 1.29 is 0 Å². The molecule has 0 saturated carbocycles. The fourth-order valence-corrected chi connectivity index (χ4v) is 12.3. The van der Waals surface area contributed by atoms with Crippen LogP contribution in [-0.4, -0.2) is 9.13 Å². The van der Waals surface area contributed by atoms with Gasteiger partial charge in [0.25, 0.3) is 0 Å². The van der Waals surface area contributed by atoms with Crippen LogP contribution in [0.3, 0.4) is 0 Å². The zero-order chi connectivity index (χ0) is 37.9. The molecule has 0 spiro atoms. The Morgan fingerprint density at radius 1 is 0.397 bits per heavy atom. The first-order valence-electron chi connectivity index (χ1n) is 20.1. The topological polar surface area (TPSA) is 9.86 Å². The van der Waals surface area contributed by atoms with Gasteiger partial charge in [0, 0.05) is 79.1 Å². The first kappa shape index (κ1) is 32.4. The van der Waals surface area contributed by atoms with Crippen molar-refractivity contribution in [3.63, 3.8) is 0 Å². The summed E-state index contributed by atoms with van der Waals surface area (Å²) in [5.41, 5.74) is 13.9. The van der Waals surface area contributed by atoms with E-state index in [4.69, 9.17) is 0 Å². The largest absolute Gasteiger partial charge is 0.313 e. The van der Waals surface area contributed by atoms with E-state index in [1.807, 2.05) is 22.7 Å². The van der Waals surface area contributed by atoms with Gasteiger partial charge >= 0.3 is 0 Å². The molecule has 58 heavy (non-hydrogen) atoms. The summed E-state index contributed by atoms with van der Waals surface area (Å²) in [7, 11) is 0. The summed E-state index contributed by atoms with van der Waals surface area (Å²) in [4.78, 5) is 0. The molecule has 1 aliphatic carbocycles. The van der Waals surface area contributed by atoms with Crippen LogP contribution in [0.5, 0.6) is 0 Å². The van der Waals surface area contributed by atoms with Crippen molar-refractivity contribution in [3.05, 3.63) is 187 Å². The van der Waals surface area contributed by atoms with E-state index in [9.17, 15) is 0 Å². The van der Waals surface area contributed by atoms with Crippen molar-refractivity contribution in [3.8, 4) is 33.6 Å². The maximum Gasteiger partial charge on any atom is 0.0541 e. The monoisotopic (exact) mass is 774 g/mol. The van der Waals surface area contributed by atoms with E-state index >= 15 is 0 Å². The molecular formula is C54H34N2S2. The molecule has 0 bridgehead atoms. The molecule has 0 aliphatic heterocycles. The third-order valence-corrected chi connectivity index (χ3v) is 14.8. The highest BCUT2D eigenvalue weighted by molar-refractivity contribution is 7.26. The Morgan fingerprint density at radius 2 is 0.931 bits per heavy atom. The van der Waals surface area contributed by atoms with Gasteiger partial charge in [-0.25, -0.2) is 0 Å². The van der Waals surface area contributed by atoms with Crippen molar-refractivity contribution in [1.82, 2.24) is 9.13 Å². The second kappa shape index (κ2) is 12.4. The lowest BCUT2D eigenvalue weighted by Gasteiger charge is -2.16. The first-order chi connectivity index (χ1) is 28.8. The molecule has 272 valence electrons. The number of nitrogens with zero attached hydrogens (tertiary/aromatic N) is 2. The second-order valence-corrected chi connectivity index (χ2v) is 17.6. The van der Waals surface area contributed by atoms with E-state index in [1.165, 1.54) is 112 Å². The summed E-state index contributed by atoms with van der Waals surface area (Å²) < 4.78 is 10.4. The fourth-order valence-electron chi connectivity index (χ4n) is 9.82. The zero-order valence-electron chi connectivity index (χ0n) is 31.4. The molecule has 0 radical (unpaired) electrons. The Labute approximate surface area is 342 Å². The molecular weight excluding hydrogens is 741 g/mol. The lowest BCUT2D eigenvalue weighted by Crippen LogP contribution is -2.04. The standard InChI is InChI=1S/C54H34N2S2/c1-5-22-47-39(14-1)45-30-33(37-18-10-20-43-41-16-3-7-24-51(41)57-53(37)43)26-28-49(45)55(47)35-12-9-13-36(32-35)56-48-23-6-2-15-40(48)46-31-34(27-29-50(46)56)38-19-11-21-44-42-17-4-8-25-52(42)58-54(38)44/h1-5,7-22,24-32H,6,23H2. The predicted molar refractivity (Wildman–Crippen MR) is 252 cm³/mol. The molecule has 8 aromatic carbocycles. The molecule has 4 aromatic heterocycles. The first-order valence-corrected chi connectivity index (χ1v) is 21.7. The molecule has 0 fully saturated rings. The molecule has 2 nitrogen and oxygen atoms in total. The van der Waals surface area contributed by atoms with E-state index in [1.54, 1.807) is 0 Å². The van der Waals surface area contributed by atoms with Gasteiger partial charge in [0.15, 0.2) is 0 Å². The maximum absolute atomic E-state index is 2.53.